The van der Waals surface area contributed by atoms with Crippen LogP contribution in [-0.2, 0) is 28.7 Å². The Morgan fingerprint density at radius 2 is 1.80 bits per heavy atom. The summed E-state index contributed by atoms with van der Waals surface area (Å²) in [4.78, 5) is 59.0. The fourth-order valence-corrected chi connectivity index (χ4v) is 7.15. The predicted molar refractivity (Wildman–Crippen MR) is 168 cm³/mol. The number of amides is 3. The van der Waals surface area contributed by atoms with E-state index in [4.69, 9.17) is 14.2 Å². The maximum atomic E-state index is 14.6. The van der Waals surface area contributed by atoms with Gasteiger partial charge in [0, 0.05) is 18.7 Å². The van der Waals surface area contributed by atoms with Crippen LogP contribution in [0.15, 0.2) is 78.9 Å². The molecule has 242 valence electrons. The summed E-state index contributed by atoms with van der Waals surface area (Å²) in [7, 11) is 1.56. The number of cyclic esters (lactones) is 1. The average molecular weight is 630 g/mol. The number of nitrogens with zero attached hydrogens (tertiary/aromatic N) is 2. The quantitative estimate of drug-likeness (QED) is 0.368. The maximum Gasteiger partial charge on any atom is 0.313 e. The summed E-state index contributed by atoms with van der Waals surface area (Å²) in [5.41, 5.74) is -0.211. The number of nitrogens with one attached hydrogen (secondary N) is 1. The zero-order valence-corrected chi connectivity index (χ0v) is 25.9. The topological polar surface area (TPSA) is 135 Å². The van der Waals surface area contributed by atoms with Gasteiger partial charge in [0.25, 0.3) is 5.91 Å². The summed E-state index contributed by atoms with van der Waals surface area (Å²) in [5.74, 6) is -3.23. The van der Waals surface area contributed by atoms with Gasteiger partial charge in [-0.1, -0.05) is 61.6 Å². The first kappa shape index (κ1) is 31.5. The number of aliphatic hydroxyl groups excluding tert-OH is 1. The molecule has 3 amide bonds. The molecule has 4 aliphatic rings. The van der Waals surface area contributed by atoms with E-state index in [1.807, 2.05) is 37.3 Å². The van der Waals surface area contributed by atoms with Crippen LogP contribution in [0.2, 0.25) is 0 Å². The van der Waals surface area contributed by atoms with Gasteiger partial charge in [-0.05, 0) is 42.7 Å². The number of carbonyl (C=O) groups excluding carboxylic acids is 4. The Hall–Kier alpha value is -4.48. The second kappa shape index (κ2) is 13.1. The van der Waals surface area contributed by atoms with E-state index in [1.54, 1.807) is 60.6 Å². The molecule has 2 fully saturated rings. The highest BCUT2D eigenvalue weighted by Crippen LogP contribution is 2.54. The van der Waals surface area contributed by atoms with Gasteiger partial charge in [-0.3, -0.25) is 19.2 Å². The molecule has 0 aromatic heterocycles. The zero-order valence-electron chi connectivity index (χ0n) is 25.9. The number of rotatable bonds is 6. The number of likely N-dealkylation sites (tertiary alicyclic amines) is 1. The molecule has 2 N–H and O–H groups in total. The number of aliphatic hydroxyl groups is 1. The number of hydrogen-bond acceptors (Lipinski definition) is 8. The maximum absolute atomic E-state index is 14.6. The van der Waals surface area contributed by atoms with Gasteiger partial charge >= 0.3 is 5.97 Å². The van der Waals surface area contributed by atoms with E-state index in [0.717, 1.165) is 0 Å². The standard InChI is InChI=1S/C35H39N3O8/c1-3-23(21-39)38-31-33(42)37(24-14-16-25(44-2)17-15-24)19-9-18-35(31)30(32(38)41)29-26(46-35)12-7-8-13-28(40)36-20-27(45-34(29)43)22-10-5-4-6-11-22/h4-7,9-12,14-18,23,26-27,29-31,39H,3,8,13,19-21H2,1-2H3,(H,36,40)/b12-7-/t23-,26-,27+,29+,30+,31-,35+/m0/s1. The minimum absolute atomic E-state index is 0.0622. The molecule has 4 heterocycles. The smallest absolute Gasteiger partial charge is 0.313 e. The number of carbonyl (C=O) groups is 4. The Kier molecular flexibility index (Phi) is 8.97. The van der Waals surface area contributed by atoms with Gasteiger partial charge in [0.05, 0.1) is 38.3 Å². The monoisotopic (exact) mass is 629 g/mol. The highest BCUT2D eigenvalue weighted by atomic mass is 16.6. The molecule has 46 heavy (non-hydrogen) atoms. The largest absolute Gasteiger partial charge is 0.497 e. The minimum Gasteiger partial charge on any atom is -0.497 e. The van der Waals surface area contributed by atoms with E-state index in [9.17, 15) is 24.3 Å². The third-order valence-corrected chi connectivity index (χ3v) is 9.44. The highest BCUT2D eigenvalue weighted by molar-refractivity contribution is 6.05. The van der Waals surface area contributed by atoms with Crippen molar-refractivity contribution in [1.82, 2.24) is 10.2 Å². The first-order chi connectivity index (χ1) is 22.3. The van der Waals surface area contributed by atoms with Gasteiger partial charge in [-0.2, -0.15) is 0 Å². The molecule has 0 saturated carbocycles. The lowest BCUT2D eigenvalue weighted by atomic mass is 9.77. The van der Waals surface area contributed by atoms with Crippen molar-refractivity contribution < 1.29 is 38.5 Å². The summed E-state index contributed by atoms with van der Waals surface area (Å²) >= 11 is 0. The first-order valence-electron chi connectivity index (χ1n) is 15.8. The van der Waals surface area contributed by atoms with Crippen molar-refractivity contribution in [2.24, 2.45) is 11.8 Å². The van der Waals surface area contributed by atoms with E-state index in [2.05, 4.69) is 5.32 Å². The molecule has 4 aliphatic heterocycles. The first-order valence-corrected chi connectivity index (χ1v) is 15.8. The second-order valence-corrected chi connectivity index (χ2v) is 12.0. The molecule has 11 nitrogen and oxygen atoms in total. The fourth-order valence-electron chi connectivity index (χ4n) is 7.15. The number of benzene rings is 2. The molecule has 2 aromatic carbocycles. The number of methoxy groups -OCH3 is 1. The van der Waals surface area contributed by atoms with Crippen LogP contribution in [0.4, 0.5) is 5.69 Å². The van der Waals surface area contributed by atoms with Gasteiger partial charge < -0.3 is 34.4 Å². The number of esters is 1. The van der Waals surface area contributed by atoms with Crippen molar-refractivity contribution in [2.75, 3.05) is 31.7 Å². The molecule has 1 spiro atoms. The molecule has 7 atom stereocenters. The lowest BCUT2D eigenvalue weighted by molar-refractivity contribution is -0.160. The Morgan fingerprint density at radius 3 is 2.50 bits per heavy atom. The third kappa shape index (κ3) is 5.47. The SMILES string of the molecule is CC[C@@H](CO)N1C(=O)[C@H]2[C@@H]3C(=O)O[C@@H](c4ccccc4)CNC(=O)CC/C=C\[C@@H]3O[C@]23C=CCN(c2ccc(OC)cc2)C(=O)[C@H]13. The van der Waals surface area contributed by atoms with Gasteiger partial charge in [0.15, 0.2) is 0 Å². The zero-order chi connectivity index (χ0) is 32.4. The lowest BCUT2D eigenvalue weighted by Crippen LogP contribution is -2.58. The summed E-state index contributed by atoms with van der Waals surface area (Å²) in [6.45, 7) is 1.74. The van der Waals surface area contributed by atoms with Crippen LogP contribution in [0.25, 0.3) is 0 Å². The minimum atomic E-state index is -1.51. The Bertz CT molecular complexity index is 1520. The van der Waals surface area contributed by atoms with Crippen molar-refractivity contribution in [1.29, 1.82) is 0 Å². The summed E-state index contributed by atoms with van der Waals surface area (Å²) in [6, 6.07) is 14.3. The molecule has 0 aliphatic carbocycles. The third-order valence-electron chi connectivity index (χ3n) is 9.44. The molecule has 0 bridgehead atoms. The molecule has 0 unspecified atom stereocenters. The second-order valence-electron chi connectivity index (χ2n) is 12.0. The van der Waals surface area contributed by atoms with Crippen molar-refractivity contribution in [3.05, 3.63) is 84.5 Å². The van der Waals surface area contributed by atoms with Gasteiger partial charge in [0.2, 0.25) is 11.8 Å². The normalized spacial score (nSPS) is 31.0. The fraction of sp³-hybridized carbons (Fsp3) is 0.429. The Balaban J connectivity index is 1.44. The molecular weight excluding hydrogens is 590 g/mol. The Morgan fingerprint density at radius 1 is 1.04 bits per heavy atom. The van der Waals surface area contributed by atoms with Gasteiger partial charge in [-0.25, -0.2) is 0 Å². The summed E-state index contributed by atoms with van der Waals surface area (Å²) in [6.07, 6.45) is 6.31. The Labute approximate surface area is 267 Å². The van der Waals surface area contributed by atoms with Crippen LogP contribution in [0.1, 0.15) is 37.9 Å². The van der Waals surface area contributed by atoms with Crippen LogP contribution < -0.4 is 15.0 Å². The van der Waals surface area contributed by atoms with Crippen LogP contribution >= 0.6 is 0 Å². The molecule has 2 aromatic rings. The average Bonchev–Trinajstić information content (AvgIpc) is 3.46. The molecular formula is C35H39N3O8. The number of anilines is 1. The van der Waals surface area contributed by atoms with E-state index < -0.39 is 53.6 Å². The van der Waals surface area contributed by atoms with Crippen molar-refractivity contribution in [2.45, 2.75) is 56.1 Å². The summed E-state index contributed by atoms with van der Waals surface area (Å²) < 4.78 is 18.1. The van der Waals surface area contributed by atoms with Crippen LogP contribution in [0, 0.1) is 11.8 Å². The van der Waals surface area contributed by atoms with Crippen LogP contribution in [0.5, 0.6) is 5.75 Å². The number of fused-ring (bicyclic) bond motifs is 2. The van der Waals surface area contributed by atoms with E-state index in [0.29, 0.717) is 29.8 Å². The van der Waals surface area contributed by atoms with Gasteiger partial charge in [0.1, 0.15) is 29.4 Å². The van der Waals surface area contributed by atoms with Crippen molar-refractivity contribution in [3.8, 4) is 5.75 Å². The number of ether oxygens (including phenoxy) is 3. The van der Waals surface area contributed by atoms with Crippen molar-refractivity contribution >= 4 is 29.4 Å². The molecule has 0 radical (unpaired) electrons. The van der Waals surface area contributed by atoms with Crippen LogP contribution in [-0.4, -0.2) is 84.3 Å². The molecule has 2 saturated heterocycles. The van der Waals surface area contributed by atoms with E-state index >= 15 is 0 Å². The lowest BCUT2D eigenvalue weighted by Gasteiger charge is -2.38. The van der Waals surface area contributed by atoms with Crippen molar-refractivity contribution in [3.63, 3.8) is 0 Å². The van der Waals surface area contributed by atoms with Gasteiger partial charge in [-0.15, -0.1) is 0 Å². The van der Waals surface area contributed by atoms with Crippen LogP contribution in [0.3, 0.4) is 0 Å². The molecule has 11 heteroatoms. The highest BCUT2D eigenvalue weighted by Gasteiger charge is 2.72. The molecule has 6 rings (SSSR count). The summed E-state index contributed by atoms with van der Waals surface area (Å²) in [5, 5.41) is 13.3. The number of hydrogen-bond donors (Lipinski definition) is 2. The predicted octanol–water partition coefficient (Wildman–Crippen LogP) is 2.70. The number of allylic oxidation sites excluding steroid dienone is 1. The van der Waals surface area contributed by atoms with E-state index in [1.165, 1.54) is 4.90 Å². The van der Waals surface area contributed by atoms with E-state index in [-0.39, 0.29) is 37.9 Å².